The molecule has 0 unspecified atom stereocenters. The van der Waals surface area contributed by atoms with Crippen molar-refractivity contribution in [2.45, 2.75) is 207 Å². The Morgan fingerprint density at radius 3 is 1.06 bits per heavy atom. The molecule has 0 saturated carbocycles. The summed E-state index contributed by atoms with van der Waals surface area (Å²) in [7, 11) is 0. The van der Waals surface area contributed by atoms with Crippen molar-refractivity contribution in [3.8, 4) is 0 Å². The van der Waals surface area contributed by atoms with Crippen LogP contribution in [0.25, 0.3) is 0 Å². The van der Waals surface area contributed by atoms with Crippen LogP contribution in [-0.4, -0.2) is 37.2 Å². The van der Waals surface area contributed by atoms with Gasteiger partial charge in [-0.3, -0.25) is 14.4 Å². The Labute approximate surface area is 290 Å². The van der Waals surface area contributed by atoms with E-state index in [1.807, 2.05) is 0 Å². The Balaban J connectivity index is 3.77. The van der Waals surface area contributed by atoms with Crippen molar-refractivity contribution < 1.29 is 28.6 Å². The summed E-state index contributed by atoms with van der Waals surface area (Å²) >= 11 is 0. The second-order valence-corrected chi connectivity index (χ2v) is 13.3. The normalized spacial score (nSPS) is 11.6. The molecule has 0 spiro atoms. The molecule has 6 heteroatoms. The molecule has 0 rings (SSSR count). The van der Waals surface area contributed by atoms with Crippen molar-refractivity contribution in [1.29, 1.82) is 0 Å². The number of allylic oxidation sites excluding steroid dienone is 4. The van der Waals surface area contributed by atoms with Gasteiger partial charge < -0.3 is 14.2 Å². The van der Waals surface area contributed by atoms with Gasteiger partial charge in [-0.15, -0.1) is 0 Å². The molecule has 0 heterocycles. The minimum atomic E-state index is -0.774. The molecule has 0 atom stereocenters. The molecular formula is C41H74O6. The molecule has 0 fully saturated rings. The quantitative estimate of drug-likeness (QED) is 0.0291. The fraction of sp³-hybridized carbons (Fsp3) is 0.829. The predicted molar refractivity (Wildman–Crippen MR) is 196 cm³/mol. The van der Waals surface area contributed by atoms with E-state index in [9.17, 15) is 14.4 Å². The highest BCUT2D eigenvalue weighted by molar-refractivity contribution is 5.70. The first-order valence-electron chi connectivity index (χ1n) is 19.8. The van der Waals surface area contributed by atoms with E-state index in [1.165, 1.54) is 122 Å². The monoisotopic (exact) mass is 663 g/mol. The minimum Gasteiger partial charge on any atom is -0.462 e. The van der Waals surface area contributed by atoms with Crippen molar-refractivity contribution in [2.75, 3.05) is 13.2 Å². The average molecular weight is 663 g/mol. The van der Waals surface area contributed by atoms with Gasteiger partial charge in [-0.25, -0.2) is 0 Å². The number of unbranched alkanes of at least 4 members (excludes halogenated alkanes) is 22. The number of rotatable bonds is 35. The molecule has 6 nitrogen and oxygen atoms in total. The van der Waals surface area contributed by atoms with Gasteiger partial charge >= 0.3 is 17.9 Å². The SMILES string of the molecule is CCCCCCCC/C=C/CCCCCCCC(=O)OCC(COC(=O)CCCCCCC/C=C/CCCCCCCC)OC(C)=O. The van der Waals surface area contributed by atoms with E-state index >= 15 is 0 Å². The Morgan fingerprint density at radius 2 is 0.745 bits per heavy atom. The van der Waals surface area contributed by atoms with Crippen molar-refractivity contribution >= 4 is 17.9 Å². The second-order valence-electron chi connectivity index (χ2n) is 13.3. The highest BCUT2D eigenvalue weighted by atomic mass is 16.6. The van der Waals surface area contributed by atoms with Crippen LogP contribution in [0.1, 0.15) is 201 Å². The summed E-state index contributed by atoms with van der Waals surface area (Å²) in [5, 5.41) is 0. The van der Waals surface area contributed by atoms with Crippen molar-refractivity contribution in [3.05, 3.63) is 24.3 Å². The van der Waals surface area contributed by atoms with Gasteiger partial charge in [-0.05, 0) is 64.2 Å². The third kappa shape index (κ3) is 36.6. The number of hydrogen-bond acceptors (Lipinski definition) is 6. The number of carbonyl (C=O) groups is 3. The molecule has 0 saturated heterocycles. The summed E-state index contributed by atoms with van der Waals surface area (Å²) in [5.41, 5.74) is 0. The number of hydrogen-bond donors (Lipinski definition) is 0. The zero-order valence-corrected chi connectivity index (χ0v) is 31.0. The lowest BCUT2D eigenvalue weighted by atomic mass is 10.1. The van der Waals surface area contributed by atoms with E-state index in [4.69, 9.17) is 14.2 Å². The molecule has 274 valence electrons. The maximum Gasteiger partial charge on any atom is 0.305 e. The minimum absolute atomic E-state index is 0.0931. The summed E-state index contributed by atoms with van der Waals surface area (Å²) in [5.74, 6) is -1.10. The summed E-state index contributed by atoms with van der Waals surface area (Å²) in [6.07, 6.45) is 40.6. The van der Waals surface area contributed by atoms with Gasteiger partial charge in [0.05, 0.1) is 0 Å². The molecular weight excluding hydrogens is 588 g/mol. The smallest absolute Gasteiger partial charge is 0.305 e. The van der Waals surface area contributed by atoms with E-state index < -0.39 is 12.1 Å². The van der Waals surface area contributed by atoms with Crippen LogP contribution >= 0.6 is 0 Å². The fourth-order valence-corrected chi connectivity index (χ4v) is 5.55. The first kappa shape index (κ1) is 44.9. The second kappa shape index (κ2) is 36.7. The Morgan fingerprint density at radius 1 is 0.447 bits per heavy atom. The average Bonchev–Trinajstić information content (AvgIpc) is 3.05. The van der Waals surface area contributed by atoms with Gasteiger partial charge in [-0.2, -0.15) is 0 Å². The Kier molecular flexibility index (Phi) is 35.1. The van der Waals surface area contributed by atoms with Crippen LogP contribution in [-0.2, 0) is 28.6 Å². The van der Waals surface area contributed by atoms with E-state index in [0.29, 0.717) is 12.8 Å². The topological polar surface area (TPSA) is 78.9 Å². The zero-order valence-electron chi connectivity index (χ0n) is 31.0. The molecule has 0 bridgehead atoms. The van der Waals surface area contributed by atoms with Gasteiger partial charge in [0.15, 0.2) is 6.10 Å². The molecule has 0 radical (unpaired) electrons. The first-order valence-corrected chi connectivity index (χ1v) is 19.8. The molecule has 0 aromatic rings. The lowest BCUT2D eigenvalue weighted by Gasteiger charge is -2.17. The zero-order chi connectivity index (χ0) is 34.5. The van der Waals surface area contributed by atoms with Crippen LogP contribution in [0.15, 0.2) is 24.3 Å². The van der Waals surface area contributed by atoms with Gasteiger partial charge in [0.1, 0.15) is 13.2 Å². The van der Waals surface area contributed by atoms with Crippen molar-refractivity contribution in [2.24, 2.45) is 0 Å². The van der Waals surface area contributed by atoms with Crippen LogP contribution < -0.4 is 0 Å². The lowest BCUT2D eigenvalue weighted by Crippen LogP contribution is -2.30. The highest BCUT2D eigenvalue weighted by Gasteiger charge is 2.17. The largest absolute Gasteiger partial charge is 0.462 e. The van der Waals surface area contributed by atoms with E-state index in [0.717, 1.165) is 51.4 Å². The molecule has 0 aliphatic heterocycles. The molecule has 0 aliphatic rings. The fourth-order valence-electron chi connectivity index (χ4n) is 5.55. The third-order valence-electron chi connectivity index (χ3n) is 8.48. The molecule has 0 aromatic heterocycles. The standard InChI is InChI=1S/C41H74O6/c1-4-6-8-10-12-14-16-18-20-22-24-26-28-30-32-34-40(43)45-36-39(47-38(3)42)37-46-41(44)35-33-31-29-27-25-23-21-19-17-15-13-11-9-7-5-2/h18-21,39H,4-17,22-37H2,1-3H3/b20-18+,21-19+. The van der Waals surface area contributed by atoms with Crippen molar-refractivity contribution in [1.82, 2.24) is 0 Å². The molecule has 0 amide bonds. The maximum atomic E-state index is 12.2. The van der Waals surface area contributed by atoms with E-state index in [1.54, 1.807) is 0 Å². The van der Waals surface area contributed by atoms with Gasteiger partial charge in [0, 0.05) is 19.8 Å². The lowest BCUT2D eigenvalue weighted by molar-refractivity contribution is -0.165. The highest BCUT2D eigenvalue weighted by Crippen LogP contribution is 2.12. The van der Waals surface area contributed by atoms with Crippen LogP contribution in [0, 0.1) is 0 Å². The summed E-state index contributed by atoms with van der Waals surface area (Å²) in [6.45, 7) is 5.62. The van der Waals surface area contributed by atoms with Crippen LogP contribution in [0.5, 0.6) is 0 Å². The summed E-state index contributed by atoms with van der Waals surface area (Å²) in [6, 6.07) is 0. The molecule has 47 heavy (non-hydrogen) atoms. The van der Waals surface area contributed by atoms with E-state index in [2.05, 4.69) is 38.2 Å². The number of ether oxygens (including phenoxy) is 3. The number of carbonyl (C=O) groups excluding carboxylic acids is 3. The Bertz CT molecular complexity index is 718. The van der Waals surface area contributed by atoms with Gasteiger partial charge in [0.25, 0.3) is 0 Å². The maximum absolute atomic E-state index is 12.2. The van der Waals surface area contributed by atoms with Gasteiger partial charge in [-0.1, -0.05) is 141 Å². The van der Waals surface area contributed by atoms with Crippen LogP contribution in [0.4, 0.5) is 0 Å². The summed E-state index contributed by atoms with van der Waals surface area (Å²) < 4.78 is 15.9. The molecule has 0 N–H and O–H groups in total. The van der Waals surface area contributed by atoms with Gasteiger partial charge in [0.2, 0.25) is 0 Å². The molecule has 0 aromatic carbocycles. The Hall–Kier alpha value is -2.11. The third-order valence-corrected chi connectivity index (χ3v) is 8.48. The summed E-state index contributed by atoms with van der Waals surface area (Å²) in [4.78, 5) is 35.9. The predicted octanol–water partition coefficient (Wildman–Crippen LogP) is 12.1. The van der Waals surface area contributed by atoms with E-state index in [-0.39, 0.29) is 25.2 Å². The number of esters is 3. The van der Waals surface area contributed by atoms with Crippen molar-refractivity contribution in [3.63, 3.8) is 0 Å². The molecule has 0 aliphatic carbocycles. The first-order chi connectivity index (χ1) is 23.0. The van der Waals surface area contributed by atoms with Crippen LogP contribution in [0.2, 0.25) is 0 Å². The van der Waals surface area contributed by atoms with Crippen LogP contribution in [0.3, 0.4) is 0 Å².